The van der Waals surface area contributed by atoms with Crippen LogP contribution in [0.1, 0.15) is 52.5 Å². The minimum atomic E-state index is -0.498. The highest BCUT2D eigenvalue weighted by Crippen LogP contribution is 2.37. The fraction of sp³-hybridized carbons (Fsp3) is 0.464. The Morgan fingerprint density at radius 1 is 1.00 bits per heavy atom. The number of ether oxygens (including phenoxy) is 1. The Kier molecular flexibility index (Phi) is 5.93. The lowest BCUT2D eigenvalue weighted by Crippen LogP contribution is -2.50. The van der Waals surface area contributed by atoms with Crippen molar-refractivity contribution in [3.05, 3.63) is 51.2 Å². The smallest absolute Gasteiger partial charge is 0.410 e. The highest BCUT2D eigenvalue weighted by Gasteiger charge is 2.28. The standard InChI is InChI=1S/C28H32BrN5O3/c1-28(2,3)37-27(36)32-15-13-31(14-16-32)19-11-12-21-23(17-19)33(18-7-4-5-8-18)26-30-25(35)24-20(29)9-6-10-22(24)34(21)26/h6,9-12,17-18H,4-5,7-8,13-16H2,1-3H3. The van der Waals surface area contributed by atoms with Gasteiger partial charge >= 0.3 is 6.09 Å². The van der Waals surface area contributed by atoms with Gasteiger partial charge in [-0.25, -0.2) is 4.79 Å². The van der Waals surface area contributed by atoms with Crippen LogP contribution in [-0.4, -0.2) is 56.7 Å². The summed E-state index contributed by atoms with van der Waals surface area (Å²) in [6.07, 6.45) is 4.30. The van der Waals surface area contributed by atoms with Crippen LogP contribution in [0.4, 0.5) is 10.5 Å². The van der Waals surface area contributed by atoms with Gasteiger partial charge in [0.05, 0.1) is 21.9 Å². The lowest BCUT2D eigenvalue weighted by Gasteiger charge is -2.36. The lowest BCUT2D eigenvalue weighted by atomic mass is 10.2. The van der Waals surface area contributed by atoms with Crippen LogP contribution in [0.3, 0.4) is 0 Å². The molecule has 8 nitrogen and oxygen atoms in total. The van der Waals surface area contributed by atoms with Gasteiger partial charge in [-0.05, 0) is 79.9 Å². The monoisotopic (exact) mass is 565 g/mol. The molecule has 1 saturated heterocycles. The number of halogens is 1. The molecule has 6 rings (SSSR count). The average Bonchev–Trinajstić information content (AvgIpc) is 3.48. The molecule has 1 amide bonds. The first kappa shape index (κ1) is 24.3. The molecule has 0 spiro atoms. The molecule has 4 aromatic rings. The molecule has 2 fully saturated rings. The number of anilines is 1. The first-order chi connectivity index (χ1) is 17.7. The average molecular weight is 567 g/mol. The third-order valence-electron chi connectivity index (χ3n) is 7.51. The number of hydrogen-bond donors (Lipinski definition) is 0. The maximum atomic E-state index is 13.1. The number of piperazine rings is 1. The maximum absolute atomic E-state index is 13.1. The van der Waals surface area contributed by atoms with Gasteiger partial charge in [0.1, 0.15) is 5.60 Å². The van der Waals surface area contributed by atoms with Crippen molar-refractivity contribution in [3.8, 4) is 0 Å². The maximum Gasteiger partial charge on any atom is 0.410 e. The molecule has 1 aliphatic carbocycles. The zero-order chi connectivity index (χ0) is 25.9. The van der Waals surface area contributed by atoms with E-state index >= 15 is 0 Å². The van der Waals surface area contributed by atoms with Crippen molar-refractivity contribution in [2.45, 2.75) is 58.1 Å². The van der Waals surface area contributed by atoms with E-state index in [0.717, 1.165) is 52.6 Å². The van der Waals surface area contributed by atoms with Crippen molar-refractivity contribution in [3.63, 3.8) is 0 Å². The van der Waals surface area contributed by atoms with E-state index in [2.05, 4.69) is 53.0 Å². The van der Waals surface area contributed by atoms with Crippen molar-refractivity contribution < 1.29 is 9.53 Å². The molecule has 0 N–H and O–H groups in total. The van der Waals surface area contributed by atoms with Crippen LogP contribution in [0.25, 0.3) is 27.7 Å². The van der Waals surface area contributed by atoms with Gasteiger partial charge < -0.3 is 19.1 Å². The Balaban J connectivity index is 1.43. The number of hydrogen-bond acceptors (Lipinski definition) is 5. The Bertz CT molecular complexity index is 1570. The van der Waals surface area contributed by atoms with Crippen molar-refractivity contribution in [1.29, 1.82) is 0 Å². The Labute approximate surface area is 223 Å². The number of imidazole rings is 1. The van der Waals surface area contributed by atoms with E-state index in [-0.39, 0.29) is 11.7 Å². The molecular weight excluding hydrogens is 534 g/mol. The van der Waals surface area contributed by atoms with E-state index in [1.165, 1.54) is 12.8 Å². The predicted molar refractivity (Wildman–Crippen MR) is 150 cm³/mol. The fourth-order valence-corrected chi connectivity index (χ4v) is 6.33. The fourth-order valence-electron chi connectivity index (χ4n) is 5.81. The molecule has 2 aliphatic rings. The van der Waals surface area contributed by atoms with Gasteiger partial charge in [-0.3, -0.25) is 9.20 Å². The second-order valence-electron chi connectivity index (χ2n) is 11.1. The number of rotatable bonds is 2. The summed E-state index contributed by atoms with van der Waals surface area (Å²) in [4.78, 5) is 34.4. The molecule has 0 radical (unpaired) electrons. The molecule has 3 heterocycles. The minimum absolute atomic E-state index is 0.206. The van der Waals surface area contributed by atoms with Gasteiger partial charge in [0.25, 0.3) is 5.56 Å². The van der Waals surface area contributed by atoms with E-state index in [0.29, 0.717) is 30.3 Å². The topological polar surface area (TPSA) is 72.1 Å². The van der Waals surface area contributed by atoms with E-state index in [1.807, 2.05) is 39.0 Å². The number of aromatic nitrogens is 3. The van der Waals surface area contributed by atoms with Crippen LogP contribution < -0.4 is 10.5 Å². The van der Waals surface area contributed by atoms with Crippen LogP contribution in [0.5, 0.6) is 0 Å². The number of nitrogens with zero attached hydrogens (tertiary/aromatic N) is 5. The molecule has 0 atom stereocenters. The van der Waals surface area contributed by atoms with Crippen molar-refractivity contribution in [1.82, 2.24) is 18.9 Å². The zero-order valence-corrected chi connectivity index (χ0v) is 23.1. The summed E-state index contributed by atoms with van der Waals surface area (Å²) in [5.74, 6) is 0.712. The highest BCUT2D eigenvalue weighted by atomic mass is 79.9. The van der Waals surface area contributed by atoms with Crippen LogP contribution in [-0.2, 0) is 4.74 Å². The van der Waals surface area contributed by atoms with E-state index in [4.69, 9.17) is 4.74 Å². The van der Waals surface area contributed by atoms with E-state index in [9.17, 15) is 9.59 Å². The SMILES string of the molecule is CC(C)(C)OC(=O)N1CCN(c2ccc3c(c2)n(C2CCCC2)c2nc(=O)c4c(Br)cccc4n32)CC1. The second-order valence-corrected chi connectivity index (χ2v) is 12.0. The predicted octanol–water partition coefficient (Wildman–Crippen LogP) is 5.74. The largest absolute Gasteiger partial charge is 0.444 e. The van der Waals surface area contributed by atoms with Crippen LogP contribution >= 0.6 is 15.9 Å². The Morgan fingerprint density at radius 3 is 2.43 bits per heavy atom. The first-order valence-corrected chi connectivity index (χ1v) is 13.9. The number of carbonyl (C=O) groups is 1. The summed E-state index contributed by atoms with van der Waals surface area (Å²) < 4.78 is 10.8. The van der Waals surface area contributed by atoms with Gasteiger partial charge in [-0.15, -0.1) is 0 Å². The van der Waals surface area contributed by atoms with E-state index in [1.54, 1.807) is 4.90 Å². The summed E-state index contributed by atoms with van der Waals surface area (Å²) in [6, 6.07) is 12.7. The number of amides is 1. The summed E-state index contributed by atoms with van der Waals surface area (Å²) in [5, 5.41) is 0.604. The summed E-state index contributed by atoms with van der Waals surface area (Å²) >= 11 is 3.56. The number of fused-ring (bicyclic) bond motifs is 5. The molecule has 9 heteroatoms. The molecule has 2 aromatic heterocycles. The molecule has 194 valence electrons. The van der Waals surface area contributed by atoms with Crippen molar-refractivity contribution >= 4 is 55.4 Å². The lowest BCUT2D eigenvalue weighted by molar-refractivity contribution is 0.0240. The van der Waals surface area contributed by atoms with Crippen LogP contribution in [0.15, 0.2) is 45.7 Å². The molecule has 2 aromatic carbocycles. The second kappa shape index (κ2) is 9.04. The van der Waals surface area contributed by atoms with Gasteiger partial charge in [0, 0.05) is 42.4 Å². The Morgan fingerprint density at radius 2 is 1.73 bits per heavy atom. The third-order valence-corrected chi connectivity index (χ3v) is 8.17. The summed E-state index contributed by atoms with van der Waals surface area (Å²) in [7, 11) is 0. The molecular formula is C28H32BrN5O3. The quantitative estimate of drug-likeness (QED) is 0.310. The minimum Gasteiger partial charge on any atom is -0.444 e. The van der Waals surface area contributed by atoms with Gasteiger partial charge in [0.15, 0.2) is 0 Å². The first-order valence-electron chi connectivity index (χ1n) is 13.1. The van der Waals surface area contributed by atoms with Crippen molar-refractivity contribution in [2.75, 3.05) is 31.1 Å². The van der Waals surface area contributed by atoms with Gasteiger partial charge in [0.2, 0.25) is 5.78 Å². The Hall–Kier alpha value is -3.07. The molecule has 1 saturated carbocycles. The van der Waals surface area contributed by atoms with Gasteiger partial charge in [-0.1, -0.05) is 18.9 Å². The zero-order valence-electron chi connectivity index (χ0n) is 21.5. The normalized spacial score (nSPS) is 17.4. The van der Waals surface area contributed by atoms with Gasteiger partial charge in [-0.2, -0.15) is 4.98 Å². The van der Waals surface area contributed by atoms with Crippen molar-refractivity contribution in [2.24, 2.45) is 0 Å². The molecule has 0 unspecified atom stereocenters. The molecule has 37 heavy (non-hydrogen) atoms. The summed E-state index contributed by atoms with van der Waals surface area (Å²) in [6.45, 7) is 8.39. The number of carbonyl (C=O) groups excluding carboxylic acids is 1. The third kappa shape index (κ3) is 4.27. The summed E-state index contributed by atoms with van der Waals surface area (Å²) in [5.41, 5.74) is 3.43. The van der Waals surface area contributed by atoms with Crippen LogP contribution in [0.2, 0.25) is 0 Å². The van der Waals surface area contributed by atoms with Crippen LogP contribution in [0, 0.1) is 0 Å². The molecule has 0 bridgehead atoms. The number of benzene rings is 2. The highest BCUT2D eigenvalue weighted by molar-refractivity contribution is 9.10. The van der Waals surface area contributed by atoms with E-state index < -0.39 is 5.60 Å². The molecule has 1 aliphatic heterocycles.